The fourth-order valence-corrected chi connectivity index (χ4v) is 1.53. The number of anilines is 1. The van der Waals surface area contributed by atoms with Crippen LogP contribution in [0.25, 0.3) is 0 Å². The summed E-state index contributed by atoms with van der Waals surface area (Å²) in [5, 5.41) is 2.07. The van der Waals surface area contributed by atoms with Crippen molar-refractivity contribution in [1.29, 1.82) is 0 Å². The second-order valence-electron chi connectivity index (χ2n) is 3.17. The summed E-state index contributed by atoms with van der Waals surface area (Å²) in [5.41, 5.74) is 0.517. The van der Waals surface area contributed by atoms with Gasteiger partial charge in [-0.2, -0.15) is 0 Å². The van der Waals surface area contributed by atoms with Crippen molar-refractivity contribution < 1.29 is 14.0 Å². The number of halogens is 1. The maximum Gasteiger partial charge on any atom is 0.329 e. The molecule has 15 heavy (non-hydrogen) atoms. The van der Waals surface area contributed by atoms with E-state index in [1.165, 1.54) is 0 Å². The van der Waals surface area contributed by atoms with Crippen molar-refractivity contribution in [2.75, 3.05) is 11.6 Å². The third kappa shape index (κ3) is 1.56. The molecule has 0 saturated carbocycles. The highest BCUT2D eigenvalue weighted by Gasteiger charge is 2.39. The number of alkyl halides is 1. The van der Waals surface area contributed by atoms with Crippen LogP contribution in [0, 0.1) is 0 Å². The van der Waals surface area contributed by atoms with Gasteiger partial charge in [-0.05, 0) is 12.1 Å². The molecule has 0 bridgehead atoms. The number of carbonyl (C=O) groups excluding carboxylic acids is 2. The van der Waals surface area contributed by atoms with Gasteiger partial charge in [-0.15, -0.1) is 0 Å². The molecule has 1 N–H and O–H groups in total. The van der Waals surface area contributed by atoms with Crippen LogP contribution in [-0.2, 0) is 4.79 Å². The van der Waals surface area contributed by atoms with Crippen LogP contribution >= 0.6 is 0 Å². The highest BCUT2D eigenvalue weighted by atomic mass is 19.1. The molecule has 3 amide bonds. The SMILES string of the molecule is O=C1NC(=O)N(c2ccccc2)C1CF. The van der Waals surface area contributed by atoms with Crippen LogP contribution < -0.4 is 10.2 Å². The molecular weight excluding hydrogens is 199 g/mol. The van der Waals surface area contributed by atoms with Gasteiger partial charge in [0, 0.05) is 5.69 Å². The number of amides is 3. The highest BCUT2D eigenvalue weighted by molar-refractivity contribution is 6.14. The van der Waals surface area contributed by atoms with Crippen molar-refractivity contribution in [2.45, 2.75) is 6.04 Å². The molecule has 4 nitrogen and oxygen atoms in total. The Kier molecular flexibility index (Phi) is 2.37. The average molecular weight is 208 g/mol. The first-order valence-corrected chi connectivity index (χ1v) is 4.49. The summed E-state index contributed by atoms with van der Waals surface area (Å²) in [5.74, 6) is -0.591. The van der Waals surface area contributed by atoms with Crippen molar-refractivity contribution in [3.63, 3.8) is 0 Å². The molecule has 2 rings (SSSR count). The number of nitrogens with one attached hydrogen (secondary N) is 1. The van der Waals surface area contributed by atoms with Gasteiger partial charge in [0.05, 0.1) is 0 Å². The number of benzene rings is 1. The molecule has 0 spiro atoms. The Labute approximate surface area is 85.7 Å². The monoisotopic (exact) mass is 208 g/mol. The van der Waals surface area contributed by atoms with E-state index in [-0.39, 0.29) is 0 Å². The van der Waals surface area contributed by atoms with Crippen LogP contribution in [0.1, 0.15) is 0 Å². The van der Waals surface area contributed by atoms with E-state index in [0.717, 1.165) is 4.90 Å². The van der Waals surface area contributed by atoms with Crippen LogP contribution in [0.5, 0.6) is 0 Å². The van der Waals surface area contributed by atoms with Crippen LogP contribution in [0.3, 0.4) is 0 Å². The summed E-state index contributed by atoms with van der Waals surface area (Å²) in [4.78, 5) is 23.7. The van der Waals surface area contributed by atoms with E-state index in [1.54, 1.807) is 30.3 Å². The quantitative estimate of drug-likeness (QED) is 0.739. The molecule has 1 aromatic carbocycles. The Balaban J connectivity index is 2.35. The molecule has 1 heterocycles. The molecule has 0 aliphatic carbocycles. The largest absolute Gasteiger partial charge is 0.329 e. The van der Waals surface area contributed by atoms with Crippen molar-refractivity contribution in [3.05, 3.63) is 30.3 Å². The fraction of sp³-hybridized carbons (Fsp3) is 0.200. The van der Waals surface area contributed by atoms with Crippen LogP contribution in [-0.4, -0.2) is 24.7 Å². The molecule has 1 unspecified atom stereocenters. The smallest absolute Gasteiger partial charge is 0.279 e. The molecule has 0 radical (unpaired) electrons. The topological polar surface area (TPSA) is 49.4 Å². The van der Waals surface area contributed by atoms with Gasteiger partial charge in [0.15, 0.2) is 0 Å². The highest BCUT2D eigenvalue weighted by Crippen LogP contribution is 2.20. The predicted octanol–water partition coefficient (Wildman–Crippen LogP) is 1.08. The molecule has 1 saturated heterocycles. The standard InChI is InChI=1S/C10H9FN2O2/c11-6-8-9(14)12-10(15)13(8)7-4-2-1-3-5-7/h1-5,8H,6H2,(H,12,14,15). The van der Waals surface area contributed by atoms with E-state index >= 15 is 0 Å². The fourth-order valence-electron chi connectivity index (χ4n) is 1.53. The van der Waals surface area contributed by atoms with E-state index in [9.17, 15) is 14.0 Å². The zero-order valence-electron chi connectivity index (χ0n) is 7.81. The van der Waals surface area contributed by atoms with Crippen molar-refractivity contribution in [3.8, 4) is 0 Å². The molecule has 78 valence electrons. The molecular formula is C10H9FN2O2. The summed E-state index contributed by atoms with van der Waals surface area (Å²) in [6.45, 7) is -0.882. The Morgan fingerprint density at radius 1 is 1.27 bits per heavy atom. The molecule has 0 aromatic heterocycles. The molecule has 1 fully saturated rings. The van der Waals surface area contributed by atoms with Gasteiger partial charge in [-0.1, -0.05) is 18.2 Å². The molecule has 1 atom stereocenters. The van der Waals surface area contributed by atoms with Crippen LogP contribution in [0.4, 0.5) is 14.9 Å². The Morgan fingerprint density at radius 2 is 1.93 bits per heavy atom. The lowest BCUT2D eigenvalue weighted by Gasteiger charge is -2.18. The minimum atomic E-state index is -1.04. The van der Waals surface area contributed by atoms with E-state index in [2.05, 4.69) is 5.32 Å². The van der Waals surface area contributed by atoms with Crippen molar-refractivity contribution in [2.24, 2.45) is 0 Å². The number of para-hydroxylation sites is 1. The number of hydrogen-bond acceptors (Lipinski definition) is 2. The Bertz CT molecular complexity index is 394. The van der Waals surface area contributed by atoms with Gasteiger partial charge in [-0.3, -0.25) is 15.0 Å². The minimum absolute atomic E-state index is 0.517. The second-order valence-corrected chi connectivity index (χ2v) is 3.17. The molecule has 1 aliphatic heterocycles. The van der Waals surface area contributed by atoms with E-state index < -0.39 is 24.7 Å². The lowest BCUT2D eigenvalue weighted by molar-refractivity contribution is -0.120. The summed E-state index contributed by atoms with van der Waals surface area (Å²) in [6, 6.07) is 6.92. The van der Waals surface area contributed by atoms with E-state index in [1.807, 2.05) is 0 Å². The first-order chi connectivity index (χ1) is 7.24. The van der Waals surface area contributed by atoms with Crippen LogP contribution in [0.2, 0.25) is 0 Å². The number of imide groups is 1. The van der Waals surface area contributed by atoms with Gasteiger partial charge in [0.2, 0.25) is 0 Å². The predicted molar refractivity (Wildman–Crippen MR) is 52.2 cm³/mol. The third-order valence-corrected chi connectivity index (χ3v) is 2.24. The number of nitrogens with zero attached hydrogens (tertiary/aromatic N) is 1. The maximum absolute atomic E-state index is 12.6. The number of rotatable bonds is 2. The first kappa shape index (κ1) is 9.64. The summed E-state index contributed by atoms with van der Waals surface area (Å²) in [7, 11) is 0. The zero-order chi connectivity index (χ0) is 10.8. The molecule has 5 heteroatoms. The van der Waals surface area contributed by atoms with Gasteiger partial charge in [-0.25, -0.2) is 9.18 Å². The van der Waals surface area contributed by atoms with Gasteiger partial charge >= 0.3 is 6.03 Å². The van der Waals surface area contributed by atoms with E-state index in [0.29, 0.717) is 5.69 Å². The normalized spacial score (nSPS) is 20.6. The van der Waals surface area contributed by atoms with Gasteiger partial charge < -0.3 is 0 Å². The summed E-state index contributed by atoms with van der Waals surface area (Å²) < 4.78 is 12.6. The summed E-state index contributed by atoms with van der Waals surface area (Å²) >= 11 is 0. The van der Waals surface area contributed by atoms with Gasteiger partial charge in [0.1, 0.15) is 12.7 Å². The second kappa shape index (κ2) is 3.68. The van der Waals surface area contributed by atoms with Gasteiger partial charge in [0.25, 0.3) is 5.91 Å². The van der Waals surface area contributed by atoms with E-state index in [4.69, 9.17) is 0 Å². The molecule has 1 aromatic rings. The summed E-state index contributed by atoms with van der Waals surface area (Å²) in [6.07, 6.45) is 0. The zero-order valence-corrected chi connectivity index (χ0v) is 7.81. The third-order valence-electron chi connectivity index (χ3n) is 2.24. The number of urea groups is 1. The van der Waals surface area contributed by atoms with Crippen LogP contribution in [0.15, 0.2) is 30.3 Å². The minimum Gasteiger partial charge on any atom is -0.279 e. The Morgan fingerprint density at radius 3 is 2.53 bits per heavy atom. The number of hydrogen-bond donors (Lipinski definition) is 1. The Hall–Kier alpha value is -1.91. The average Bonchev–Trinajstić information content (AvgIpc) is 2.54. The lowest BCUT2D eigenvalue weighted by atomic mass is 10.2. The molecule has 1 aliphatic rings. The lowest BCUT2D eigenvalue weighted by Crippen LogP contribution is -2.36. The first-order valence-electron chi connectivity index (χ1n) is 4.49. The maximum atomic E-state index is 12.6. The van der Waals surface area contributed by atoms with Crippen molar-refractivity contribution >= 4 is 17.6 Å². The van der Waals surface area contributed by atoms with Crippen molar-refractivity contribution in [1.82, 2.24) is 5.32 Å². The number of carbonyl (C=O) groups is 2.